The highest BCUT2D eigenvalue weighted by atomic mass is 19.4. The first-order valence-corrected chi connectivity index (χ1v) is 11.9. The van der Waals surface area contributed by atoms with E-state index in [0.29, 0.717) is 12.0 Å². The van der Waals surface area contributed by atoms with Crippen LogP contribution in [-0.4, -0.2) is 25.1 Å². The average Bonchev–Trinajstić information content (AvgIpc) is 2.86. The molecule has 0 fully saturated rings. The van der Waals surface area contributed by atoms with Gasteiger partial charge in [-0.05, 0) is 65.8 Å². The highest BCUT2D eigenvalue weighted by molar-refractivity contribution is 5.72. The molecular weight excluding hydrogens is 523 g/mol. The minimum atomic E-state index is -5.84. The van der Waals surface area contributed by atoms with Crippen molar-refractivity contribution in [3.05, 3.63) is 77.9 Å². The second-order valence-electron chi connectivity index (χ2n) is 8.81. The lowest BCUT2D eigenvalue weighted by Crippen LogP contribution is -2.45. The predicted octanol–water partition coefficient (Wildman–Crippen LogP) is 9.63. The summed E-state index contributed by atoms with van der Waals surface area (Å²) >= 11 is 0. The van der Waals surface area contributed by atoms with Crippen LogP contribution in [0.1, 0.15) is 37.7 Å². The molecule has 0 aliphatic rings. The summed E-state index contributed by atoms with van der Waals surface area (Å²) in [6, 6.07) is 12.9. The molecule has 0 aliphatic heterocycles. The van der Waals surface area contributed by atoms with Gasteiger partial charge in [0.25, 0.3) is 6.17 Å². The summed E-state index contributed by atoms with van der Waals surface area (Å²) in [7, 11) is 0. The standard InChI is InChI=1S/C28H25F9O/c29-15-5-3-1-2-4-6-18-7-9-19(10-8-18)21-16-23(30)25(24(31)17-21)20-11-13-22(14-12-20)38-28(36,37)26(32)27(33,34)35/h7-14,16-17,26H,1-6,15H2. The first-order valence-electron chi connectivity index (χ1n) is 11.9. The van der Waals surface area contributed by atoms with Crippen LogP contribution in [0.2, 0.25) is 0 Å². The lowest BCUT2D eigenvalue weighted by Gasteiger charge is -2.23. The van der Waals surface area contributed by atoms with Crippen LogP contribution in [0.3, 0.4) is 0 Å². The number of alkyl halides is 7. The van der Waals surface area contributed by atoms with Crippen molar-refractivity contribution in [2.45, 2.75) is 57.0 Å². The quantitative estimate of drug-likeness (QED) is 0.162. The Bertz CT molecular complexity index is 1150. The topological polar surface area (TPSA) is 9.23 Å². The molecule has 0 amide bonds. The maximum Gasteiger partial charge on any atom is 0.439 e. The van der Waals surface area contributed by atoms with E-state index in [2.05, 4.69) is 4.74 Å². The zero-order valence-electron chi connectivity index (χ0n) is 20.1. The van der Waals surface area contributed by atoms with Crippen LogP contribution in [0.5, 0.6) is 5.75 Å². The number of rotatable bonds is 12. The minimum absolute atomic E-state index is 0.0864. The molecule has 3 aromatic rings. The van der Waals surface area contributed by atoms with Gasteiger partial charge in [-0.1, -0.05) is 55.7 Å². The first-order chi connectivity index (χ1) is 17.9. The Morgan fingerprint density at radius 3 is 1.74 bits per heavy atom. The first kappa shape index (κ1) is 29.4. The van der Waals surface area contributed by atoms with E-state index in [1.54, 1.807) is 12.1 Å². The number of hydrogen-bond acceptors (Lipinski definition) is 1. The van der Waals surface area contributed by atoms with Crippen molar-refractivity contribution in [1.29, 1.82) is 0 Å². The van der Waals surface area contributed by atoms with Crippen LogP contribution in [0.4, 0.5) is 39.5 Å². The smallest absolute Gasteiger partial charge is 0.430 e. The fraction of sp³-hybridized carbons (Fsp3) is 0.357. The maximum absolute atomic E-state index is 14.9. The van der Waals surface area contributed by atoms with Crippen molar-refractivity contribution in [1.82, 2.24) is 0 Å². The Hall–Kier alpha value is -3.17. The van der Waals surface area contributed by atoms with Gasteiger partial charge in [0.15, 0.2) is 0 Å². The van der Waals surface area contributed by atoms with Gasteiger partial charge < -0.3 is 4.74 Å². The highest BCUT2D eigenvalue weighted by Crippen LogP contribution is 2.37. The fourth-order valence-corrected chi connectivity index (χ4v) is 3.92. The number of aryl methyl sites for hydroxylation is 1. The lowest BCUT2D eigenvalue weighted by molar-refractivity contribution is -0.304. The van der Waals surface area contributed by atoms with E-state index in [4.69, 9.17) is 0 Å². The summed E-state index contributed by atoms with van der Waals surface area (Å²) in [4.78, 5) is 0. The molecule has 0 heterocycles. The van der Waals surface area contributed by atoms with E-state index in [1.807, 2.05) is 12.1 Å². The predicted molar refractivity (Wildman–Crippen MR) is 127 cm³/mol. The summed E-state index contributed by atoms with van der Waals surface area (Å²) in [6.07, 6.45) is -10.4. The number of halogens is 9. The molecule has 1 nitrogen and oxygen atoms in total. The molecule has 0 N–H and O–H groups in total. The van der Waals surface area contributed by atoms with Gasteiger partial charge in [-0.15, -0.1) is 0 Å². The normalized spacial score (nSPS) is 13.0. The molecule has 206 valence electrons. The minimum Gasteiger partial charge on any atom is -0.430 e. The SMILES string of the molecule is FCCCCCCCc1ccc(-c2cc(F)c(-c3ccc(OC(F)(F)C(F)C(F)(F)F)cc3)c(F)c2)cc1. The molecule has 0 aromatic heterocycles. The zero-order chi connectivity index (χ0) is 27.9. The van der Waals surface area contributed by atoms with Crippen LogP contribution >= 0.6 is 0 Å². The summed E-state index contributed by atoms with van der Waals surface area (Å²) in [5, 5.41) is 0. The van der Waals surface area contributed by atoms with Crippen molar-refractivity contribution in [2.24, 2.45) is 0 Å². The monoisotopic (exact) mass is 548 g/mol. The third kappa shape index (κ3) is 7.68. The van der Waals surface area contributed by atoms with E-state index < -0.39 is 41.4 Å². The molecule has 1 atom stereocenters. The third-order valence-corrected chi connectivity index (χ3v) is 5.91. The van der Waals surface area contributed by atoms with E-state index in [1.165, 1.54) is 0 Å². The molecule has 10 heteroatoms. The molecule has 38 heavy (non-hydrogen) atoms. The van der Waals surface area contributed by atoms with Crippen molar-refractivity contribution in [3.63, 3.8) is 0 Å². The van der Waals surface area contributed by atoms with Gasteiger partial charge in [-0.3, -0.25) is 4.39 Å². The van der Waals surface area contributed by atoms with E-state index in [-0.39, 0.29) is 17.8 Å². The van der Waals surface area contributed by atoms with Gasteiger partial charge >= 0.3 is 12.3 Å². The molecule has 0 aliphatic carbocycles. The van der Waals surface area contributed by atoms with Gasteiger partial charge in [0, 0.05) is 0 Å². The maximum atomic E-state index is 14.9. The third-order valence-electron chi connectivity index (χ3n) is 5.91. The van der Waals surface area contributed by atoms with Gasteiger partial charge in [0.05, 0.1) is 12.2 Å². The second kappa shape index (κ2) is 12.6. The Kier molecular flexibility index (Phi) is 9.73. The Labute approximate surface area is 214 Å². The summed E-state index contributed by atoms with van der Waals surface area (Å²) < 4.78 is 122. The van der Waals surface area contributed by atoms with Gasteiger partial charge in [0.1, 0.15) is 17.4 Å². The lowest BCUT2D eigenvalue weighted by atomic mass is 9.97. The van der Waals surface area contributed by atoms with E-state index in [9.17, 15) is 39.5 Å². The largest absolute Gasteiger partial charge is 0.439 e. The summed E-state index contributed by atoms with van der Waals surface area (Å²) in [5.41, 5.74) is 1.32. The number of hydrogen-bond donors (Lipinski definition) is 0. The molecule has 3 rings (SSSR count). The number of benzene rings is 3. The Morgan fingerprint density at radius 2 is 1.18 bits per heavy atom. The van der Waals surface area contributed by atoms with E-state index >= 15 is 0 Å². The molecule has 0 saturated carbocycles. The molecule has 0 bridgehead atoms. The van der Waals surface area contributed by atoms with Crippen LogP contribution in [0.15, 0.2) is 60.7 Å². The number of unbranched alkanes of at least 4 members (excludes halogenated alkanes) is 4. The number of ether oxygens (including phenoxy) is 1. The molecule has 0 saturated heterocycles. The Morgan fingerprint density at radius 1 is 0.658 bits per heavy atom. The van der Waals surface area contributed by atoms with Gasteiger partial charge in [-0.2, -0.15) is 22.0 Å². The molecule has 3 aromatic carbocycles. The van der Waals surface area contributed by atoms with Crippen molar-refractivity contribution >= 4 is 0 Å². The fourth-order valence-electron chi connectivity index (χ4n) is 3.92. The van der Waals surface area contributed by atoms with Crippen LogP contribution < -0.4 is 4.74 Å². The van der Waals surface area contributed by atoms with Crippen molar-refractivity contribution in [2.75, 3.05) is 6.67 Å². The van der Waals surface area contributed by atoms with Crippen LogP contribution in [-0.2, 0) is 6.42 Å². The Balaban J connectivity index is 1.69. The highest BCUT2D eigenvalue weighted by Gasteiger charge is 2.59. The second-order valence-corrected chi connectivity index (χ2v) is 8.81. The molecule has 0 radical (unpaired) electrons. The zero-order valence-corrected chi connectivity index (χ0v) is 20.1. The van der Waals surface area contributed by atoms with Crippen molar-refractivity contribution in [3.8, 4) is 28.0 Å². The summed E-state index contributed by atoms with van der Waals surface area (Å²) in [6.45, 7) is -0.303. The van der Waals surface area contributed by atoms with Crippen molar-refractivity contribution < 1.29 is 44.3 Å². The van der Waals surface area contributed by atoms with Gasteiger partial charge in [0.2, 0.25) is 0 Å². The van der Waals surface area contributed by atoms with Crippen LogP contribution in [0, 0.1) is 11.6 Å². The summed E-state index contributed by atoms with van der Waals surface area (Å²) in [5.74, 6) is -2.71. The average molecular weight is 548 g/mol. The molecule has 1 unspecified atom stereocenters. The van der Waals surface area contributed by atoms with E-state index in [0.717, 1.165) is 74.1 Å². The molecular formula is C28H25F9O. The van der Waals surface area contributed by atoms with Gasteiger partial charge in [-0.25, -0.2) is 13.2 Å². The van der Waals surface area contributed by atoms with Crippen LogP contribution in [0.25, 0.3) is 22.3 Å². The molecule has 0 spiro atoms.